The first-order valence-electron chi connectivity index (χ1n) is 5.42. The van der Waals surface area contributed by atoms with E-state index in [1.54, 1.807) is 12.1 Å². The smallest absolute Gasteiger partial charge is 0.264 e. The van der Waals surface area contributed by atoms with Crippen molar-refractivity contribution in [3.8, 4) is 5.75 Å². The summed E-state index contributed by atoms with van der Waals surface area (Å²) >= 11 is 0. The highest BCUT2D eigenvalue weighted by molar-refractivity contribution is 5.43. The molecule has 1 N–H and O–H groups in total. The van der Waals surface area contributed by atoms with E-state index in [9.17, 15) is 8.78 Å². The summed E-state index contributed by atoms with van der Waals surface area (Å²) in [6.45, 7) is 0.880. The Kier molecular flexibility index (Phi) is 3.39. The molecule has 1 aromatic rings. The number of hydrogen-bond acceptors (Lipinski definition) is 2. The Morgan fingerprint density at radius 2 is 2.25 bits per heavy atom. The number of benzene rings is 1. The summed E-state index contributed by atoms with van der Waals surface area (Å²) in [5.41, 5.74) is 0.705. The minimum atomic E-state index is -2.45. The Hall–Kier alpha value is -1.16. The van der Waals surface area contributed by atoms with Crippen molar-refractivity contribution in [2.45, 2.75) is 25.3 Å². The van der Waals surface area contributed by atoms with Crippen molar-refractivity contribution in [2.24, 2.45) is 0 Å². The van der Waals surface area contributed by atoms with Crippen molar-refractivity contribution in [3.05, 3.63) is 29.3 Å². The van der Waals surface area contributed by atoms with E-state index < -0.39 is 6.43 Å². The lowest BCUT2D eigenvalue weighted by atomic mass is 9.98. The van der Waals surface area contributed by atoms with Crippen molar-refractivity contribution >= 4 is 0 Å². The van der Waals surface area contributed by atoms with Crippen LogP contribution in [0.2, 0.25) is 0 Å². The zero-order chi connectivity index (χ0) is 11.5. The number of ether oxygens (including phenoxy) is 1. The molecule has 0 aromatic heterocycles. The maximum absolute atomic E-state index is 12.9. The second-order valence-corrected chi connectivity index (χ2v) is 3.91. The van der Waals surface area contributed by atoms with Gasteiger partial charge in [-0.15, -0.1) is 0 Å². The first-order chi connectivity index (χ1) is 7.74. The van der Waals surface area contributed by atoms with E-state index >= 15 is 0 Å². The van der Waals surface area contributed by atoms with E-state index in [1.807, 2.05) is 0 Å². The van der Waals surface area contributed by atoms with Gasteiger partial charge in [0.1, 0.15) is 5.75 Å². The number of nitrogens with one attached hydrogen (secondary N) is 1. The third-order valence-corrected chi connectivity index (χ3v) is 2.96. The maximum atomic E-state index is 12.9. The predicted molar refractivity (Wildman–Crippen MR) is 57.9 cm³/mol. The summed E-state index contributed by atoms with van der Waals surface area (Å²) in [6, 6.07) is 4.82. The molecule has 1 atom stereocenters. The maximum Gasteiger partial charge on any atom is 0.264 e. The molecule has 0 spiro atoms. The topological polar surface area (TPSA) is 21.3 Å². The first-order valence-corrected chi connectivity index (χ1v) is 5.42. The molecule has 0 bridgehead atoms. The van der Waals surface area contributed by atoms with Gasteiger partial charge in [-0.3, -0.25) is 0 Å². The summed E-state index contributed by atoms with van der Waals surface area (Å²) in [4.78, 5) is 0. The van der Waals surface area contributed by atoms with E-state index in [1.165, 1.54) is 13.2 Å². The van der Waals surface area contributed by atoms with Crippen molar-refractivity contribution in [1.29, 1.82) is 0 Å². The van der Waals surface area contributed by atoms with Gasteiger partial charge in [-0.1, -0.05) is 12.1 Å². The molecule has 0 amide bonds. The number of hydrogen-bond donors (Lipinski definition) is 1. The van der Waals surface area contributed by atoms with Gasteiger partial charge >= 0.3 is 0 Å². The van der Waals surface area contributed by atoms with E-state index in [0.29, 0.717) is 11.3 Å². The molecule has 1 aliphatic heterocycles. The molecule has 0 saturated carbocycles. The fourth-order valence-corrected chi connectivity index (χ4v) is 2.23. The third-order valence-electron chi connectivity index (χ3n) is 2.96. The predicted octanol–water partition coefficient (Wildman–Crippen LogP) is 3.06. The zero-order valence-corrected chi connectivity index (χ0v) is 9.17. The van der Waals surface area contributed by atoms with Crippen LogP contribution in [0.4, 0.5) is 8.78 Å². The van der Waals surface area contributed by atoms with Gasteiger partial charge in [-0.2, -0.15) is 0 Å². The molecule has 1 heterocycles. The highest BCUT2D eigenvalue weighted by Crippen LogP contribution is 2.37. The average Bonchev–Trinajstić information content (AvgIpc) is 2.81. The van der Waals surface area contributed by atoms with Crippen LogP contribution in [0.15, 0.2) is 18.2 Å². The van der Waals surface area contributed by atoms with Crippen LogP contribution in [0.3, 0.4) is 0 Å². The van der Waals surface area contributed by atoms with Crippen LogP contribution in [0.5, 0.6) is 5.75 Å². The Morgan fingerprint density at radius 3 is 2.81 bits per heavy atom. The second kappa shape index (κ2) is 4.78. The van der Waals surface area contributed by atoms with Crippen molar-refractivity contribution in [2.75, 3.05) is 13.7 Å². The lowest BCUT2D eigenvalue weighted by Gasteiger charge is -2.18. The van der Waals surface area contributed by atoms with Crippen LogP contribution in [0.25, 0.3) is 0 Å². The molecule has 1 fully saturated rings. The molecular weight excluding hydrogens is 212 g/mol. The Bertz CT molecular complexity index is 362. The van der Waals surface area contributed by atoms with Crippen LogP contribution in [-0.2, 0) is 0 Å². The molecular formula is C12H15F2NO. The fraction of sp³-hybridized carbons (Fsp3) is 0.500. The summed E-state index contributed by atoms with van der Waals surface area (Å²) < 4.78 is 31.0. The Labute approximate surface area is 93.6 Å². The molecule has 1 unspecified atom stereocenters. The molecule has 1 saturated heterocycles. The molecule has 2 rings (SSSR count). The van der Waals surface area contributed by atoms with Crippen LogP contribution in [-0.4, -0.2) is 13.7 Å². The highest BCUT2D eigenvalue weighted by atomic mass is 19.3. The molecule has 1 aliphatic rings. The minimum absolute atomic E-state index is 0.000139. The monoisotopic (exact) mass is 227 g/mol. The summed E-state index contributed by atoms with van der Waals surface area (Å²) in [6.07, 6.45) is -0.543. The van der Waals surface area contributed by atoms with Gasteiger partial charge in [0.05, 0.1) is 7.11 Å². The SMILES string of the molecule is COc1cccc(C(F)F)c1C1CCCN1. The molecule has 0 aliphatic carbocycles. The van der Waals surface area contributed by atoms with Gasteiger partial charge in [-0.25, -0.2) is 8.78 Å². The average molecular weight is 227 g/mol. The number of methoxy groups -OCH3 is 1. The molecule has 4 heteroatoms. The van der Waals surface area contributed by atoms with E-state index in [0.717, 1.165) is 19.4 Å². The Morgan fingerprint density at radius 1 is 1.44 bits per heavy atom. The van der Waals surface area contributed by atoms with Gasteiger partial charge in [0, 0.05) is 17.2 Å². The normalized spacial score (nSPS) is 20.4. The van der Waals surface area contributed by atoms with Crippen molar-refractivity contribution in [1.82, 2.24) is 5.32 Å². The molecule has 2 nitrogen and oxygen atoms in total. The van der Waals surface area contributed by atoms with E-state index in [4.69, 9.17) is 4.74 Å². The molecule has 16 heavy (non-hydrogen) atoms. The lowest BCUT2D eigenvalue weighted by molar-refractivity contribution is 0.149. The van der Waals surface area contributed by atoms with Crippen LogP contribution < -0.4 is 10.1 Å². The van der Waals surface area contributed by atoms with Crippen molar-refractivity contribution < 1.29 is 13.5 Å². The van der Waals surface area contributed by atoms with Crippen LogP contribution in [0.1, 0.15) is 36.4 Å². The highest BCUT2D eigenvalue weighted by Gasteiger charge is 2.26. The van der Waals surface area contributed by atoms with Gasteiger partial charge in [0.25, 0.3) is 6.43 Å². The molecule has 88 valence electrons. The first kappa shape index (κ1) is 11.3. The van der Waals surface area contributed by atoms with Gasteiger partial charge < -0.3 is 10.1 Å². The number of alkyl halides is 2. The largest absolute Gasteiger partial charge is 0.496 e. The van der Waals surface area contributed by atoms with E-state index in [-0.39, 0.29) is 11.6 Å². The summed E-state index contributed by atoms with van der Waals surface area (Å²) in [5, 5.41) is 3.23. The van der Waals surface area contributed by atoms with Gasteiger partial charge in [0.15, 0.2) is 0 Å². The minimum Gasteiger partial charge on any atom is -0.496 e. The summed E-state index contributed by atoms with van der Waals surface area (Å²) in [7, 11) is 1.52. The van der Waals surface area contributed by atoms with Gasteiger partial charge in [-0.05, 0) is 25.5 Å². The quantitative estimate of drug-likeness (QED) is 0.856. The zero-order valence-electron chi connectivity index (χ0n) is 9.17. The molecule has 0 radical (unpaired) electrons. The van der Waals surface area contributed by atoms with Crippen LogP contribution >= 0.6 is 0 Å². The van der Waals surface area contributed by atoms with E-state index in [2.05, 4.69) is 5.32 Å². The number of rotatable bonds is 3. The van der Waals surface area contributed by atoms with Crippen molar-refractivity contribution in [3.63, 3.8) is 0 Å². The summed E-state index contributed by atoms with van der Waals surface area (Å²) in [5.74, 6) is 0.553. The van der Waals surface area contributed by atoms with Crippen LogP contribution in [0, 0.1) is 0 Å². The third kappa shape index (κ3) is 2.02. The lowest BCUT2D eigenvalue weighted by Crippen LogP contribution is -2.16. The Balaban J connectivity index is 2.44. The second-order valence-electron chi connectivity index (χ2n) is 3.91. The fourth-order valence-electron chi connectivity index (χ4n) is 2.23. The molecule has 1 aromatic carbocycles. The van der Waals surface area contributed by atoms with Gasteiger partial charge in [0.2, 0.25) is 0 Å². The number of halogens is 2. The standard InChI is InChI=1S/C12H15F2NO/c1-16-10-6-2-4-8(12(13)14)11(10)9-5-3-7-15-9/h2,4,6,9,12,15H,3,5,7H2,1H3.